The van der Waals surface area contributed by atoms with E-state index in [0.717, 1.165) is 7.11 Å². The van der Waals surface area contributed by atoms with Crippen molar-refractivity contribution in [2.75, 3.05) is 25.1 Å². The van der Waals surface area contributed by atoms with Gasteiger partial charge in [0.25, 0.3) is 0 Å². The molecule has 0 atom stereocenters. The molecule has 1 aromatic carbocycles. The summed E-state index contributed by atoms with van der Waals surface area (Å²) in [6, 6.07) is 0.763. The van der Waals surface area contributed by atoms with Crippen LogP contribution in [0.4, 0.5) is 32.0 Å². The number of methoxy groups -OCH3 is 1. The number of anilines is 1. The van der Waals surface area contributed by atoms with Gasteiger partial charge in [0.2, 0.25) is 0 Å². The van der Waals surface area contributed by atoms with E-state index in [9.17, 15) is 26.3 Å². The first-order valence-electron chi connectivity index (χ1n) is 6.26. The lowest BCUT2D eigenvalue weighted by atomic mass is 10.1. The summed E-state index contributed by atoms with van der Waals surface area (Å²) in [5.41, 5.74) is -2.99. The van der Waals surface area contributed by atoms with Crippen molar-refractivity contribution in [1.82, 2.24) is 0 Å². The highest BCUT2D eigenvalue weighted by molar-refractivity contribution is 5.67. The van der Waals surface area contributed by atoms with Crippen molar-refractivity contribution in [3.05, 3.63) is 23.3 Å². The number of rotatable bonds is 2. The van der Waals surface area contributed by atoms with Crippen LogP contribution in [0.25, 0.3) is 0 Å². The molecule has 8 heteroatoms. The molecule has 1 saturated heterocycles. The second kappa shape index (κ2) is 5.31. The summed E-state index contributed by atoms with van der Waals surface area (Å²) in [6.45, 7) is 0.732. The van der Waals surface area contributed by atoms with E-state index in [2.05, 4.69) is 0 Å². The molecule has 0 N–H and O–H groups in total. The monoisotopic (exact) mass is 313 g/mol. The van der Waals surface area contributed by atoms with E-state index < -0.39 is 29.2 Å². The Kier molecular flexibility index (Phi) is 3.99. The van der Waals surface area contributed by atoms with Crippen molar-refractivity contribution in [2.24, 2.45) is 0 Å². The number of halogens is 6. The van der Waals surface area contributed by atoms with Crippen molar-refractivity contribution in [2.45, 2.75) is 25.2 Å². The van der Waals surface area contributed by atoms with E-state index in [4.69, 9.17) is 4.74 Å². The largest absolute Gasteiger partial charge is 0.495 e. The van der Waals surface area contributed by atoms with E-state index >= 15 is 0 Å². The number of alkyl halides is 6. The maximum Gasteiger partial charge on any atom is 0.418 e. The Morgan fingerprint density at radius 1 is 0.952 bits per heavy atom. The summed E-state index contributed by atoms with van der Waals surface area (Å²) < 4.78 is 82.4. The molecule has 0 bridgehead atoms. The first-order chi connectivity index (χ1) is 9.64. The van der Waals surface area contributed by atoms with E-state index in [-0.39, 0.29) is 11.8 Å². The zero-order valence-electron chi connectivity index (χ0n) is 11.1. The molecule has 0 amide bonds. The third kappa shape index (κ3) is 3.19. The van der Waals surface area contributed by atoms with E-state index in [1.807, 2.05) is 0 Å². The number of nitrogens with zero attached hydrogens (tertiary/aromatic N) is 1. The Morgan fingerprint density at radius 3 is 1.95 bits per heavy atom. The Labute approximate surface area is 117 Å². The lowest BCUT2D eigenvalue weighted by molar-refractivity contribution is -0.142. The van der Waals surface area contributed by atoms with Crippen molar-refractivity contribution in [3.8, 4) is 5.75 Å². The highest BCUT2D eigenvalue weighted by Gasteiger charge is 2.41. The van der Waals surface area contributed by atoms with Crippen molar-refractivity contribution >= 4 is 5.69 Å². The zero-order valence-corrected chi connectivity index (χ0v) is 11.1. The van der Waals surface area contributed by atoms with Gasteiger partial charge in [-0.25, -0.2) is 0 Å². The van der Waals surface area contributed by atoms with Crippen LogP contribution >= 0.6 is 0 Å². The van der Waals surface area contributed by atoms with Crippen LogP contribution in [-0.2, 0) is 12.4 Å². The molecule has 1 fully saturated rings. The molecule has 1 aliphatic rings. The number of ether oxygens (including phenoxy) is 1. The predicted octanol–water partition coefficient (Wildman–Crippen LogP) is 4.33. The molecule has 0 aromatic heterocycles. The minimum absolute atomic E-state index is 0.149. The molecule has 0 radical (unpaired) electrons. The summed E-state index contributed by atoms with van der Waals surface area (Å²) >= 11 is 0. The molecule has 0 saturated carbocycles. The maximum atomic E-state index is 13.1. The van der Waals surface area contributed by atoms with Gasteiger partial charge in [0.15, 0.2) is 0 Å². The molecule has 1 heterocycles. The lowest BCUT2D eigenvalue weighted by Gasteiger charge is -2.26. The molecular weight excluding hydrogens is 300 g/mol. The second-order valence-corrected chi connectivity index (χ2v) is 4.76. The summed E-state index contributed by atoms with van der Waals surface area (Å²) in [6.07, 6.45) is -8.35. The standard InChI is InChI=1S/C13H13F6NO/c1-21-10-7-8(12(14,15)16)6-9(13(17,18)19)11(10)20-4-2-3-5-20/h6-7H,2-5H2,1H3. The molecule has 0 unspecified atom stereocenters. The first kappa shape index (κ1) is 15.8. The van der Waals surface area contributed by atoms with Crippen LogP contribution in [-0.4, -0.2) is 20.2 Å². The number of hydrogen-bond donors (Lipinski definition) is 0. The molecule has 118 valence electrons. The molecule has 2 rings (SSSR count). The minimum atomic E-state index is -4.88. The van der Waals surface area contributed by atoms with Crippen LogP contribution < -0.4 is 9.64 Å². The minimum Gasteiger partial charge on any atom is -0.495 e. The van der Waals surface area contributed by atoms with Crippen LogP contribution in [0.3, 0.4) is 0 Å². The fourth-order valence-corrected chi connectivity index (χ4v) is 2.41. The van der Waals surface area contributed by atoms with Gasteiger partial charge in [-0.3, -0.25) is 0 Å². The van der Waals surface area contributed by atoms with Gasteiger partial charge < -0.3 is 9.64 Å². The Hall–Kier alpha value is -1.60. The summed E-state index contributed by atoms with van der Waals surface area (Å²) in [7, 11) is 1.06. The summed E-state index contributed by atoms with van der Waals surface area (Å²) in [4.78, 5) is 1.42. The summed E-state index contributed by atoms with van der Waals surface area (Å²) in [5.74, 6) is -0.404. The van der Waals surface area contributed by atoms with Crippen molar-refractivity contribution < 1.29 is 31.1 Å². The van der Waals surface area contributed by atoms with E-state index in [1.165, 1.54) is 4.90 Å². The van der Waals surface area contributed by atoms with Gasteiger partial charge in [-0.2, -0.15) is 26.3 Å². The normalized spacial score (nSPS) is 16.4. The molecule has 2 nitrogen and oxygen atoms in total. The number of hydrogen-bond acceptors (Lipinski definition) is 2. The van der Waals surface area contributed by atoms with Crippen LogP contribution in [0.15, 0.2) is 12.1 Å². The third-order valence-electron chi connectivity index (χ3n) is 3.35. The van der Waals surface area contributed by atoms with Gasteiger partial charge in [0.05, 0.1) is 23.9 Å². The highest BCUT2D eigenvalue weighted by atomic mass is 19.4. The van der Waals surface area contributed by atoms with Gasteiger partial charge in [-0.05, 0) is 25.0 Å². The first-order valence-corrected chi connectivity index (χ1v) is 6.26. The molecule has 0 spiro atoms. The number of benzene rings is 1. The Morgan fingerprint density at radius 2 is 1.52 bits per heavy atom. The molecule has 21 heavy (non-hydrogen) atoms. The fraction of sp³-hybridized carbons (Fsp3) is 0.538. The molecular formula is C13H13F6NO. The van der Waals surface area contributed by atoms with Crippen LogP contribution in [0.5, 0.6) is 5.75 Å². The molecule has 1 aromatic rings. The highest BCUT2D eigenvalue weighted by Crippen LogP contribution is 2.46. The zero-order chi connectivity index (χ0) is 15.8. The van der Waals surface area contributed by atoms with Crippen molar-refractivity contribution in [1.29, 1.82) is 0 Å². The second-order valence-electron chi connectivity index (χ2n) is 4.76. The van der Waals surface area contributed by atoms with Gasteiger partial charge in [0, 0.05) is 13.1 Å². The van der Waals surface area contributed by atoms with Crippen LogP contribution in [0, 0.1) is 0 Å². The van der Waals surface area contributed by atoms with Gasteiger partial charge in [-0.1, -0.05) is 0 Å². The molecule has 1 aliphatic heterocycles. The van der Waals surface area contributed by atoms with Gasteiger partial charge >= 0.3 is 12.4 Å². The molecule has 0 aliphatic carbocycles. The smallest absolute Gasteiger partial charge is 0.418 e. The quantitative estimate of drug-likeness (QED) is 0.753. The maximum absolute atomic E-state index is 13.1. The third-order valence-corrected chi connectivity index (χ3v) is 3.35. The Balaban J connectivity index is 2.66. The van der Waals surface area contributed by atoms with Gasteiger partial charge in [0.1, 0.15) is 5.75 Å². The van der Waals surface area contributed by atoms with Crippen LogP contribution in [0.2, 0.25) is 0 Å². The van der Waals surface area contributed by atoms with E-state index in [1.54, 1.807) is 0 Å². The Bertz CT molecular complexity index is 517. The van der Waals surface area contributed by atoms with Gasteiger partial charge in [-0.15, -0.1) is 0 Å². The topological polar surface area (TPSA) is 12.5 Å². The van der Waals surface area contributed by atoms with Crippen molar-refractivity contribution in [3.63, 3.8) is 0 Å². The lowest BCUT2D eigenvalue weighted by Crippen LogP contribution is -2.24. The average Bonchev–Trinajstić information content (AvgIpc) is 2.88. The van der Waals surface area contributed by atoms with E-state index in [0.29, 0.717) is 32.0 Å². The average molecular weight is 313 g/mol. The van der Waals surface area contributed by atoms with Crippen LogP contribution in [0.1, 0.15) is 24.0 Å². The SMILES string of the molecule is COc1cc(C(F)(F)F)cc(C(F)(F)F)c1N1CCCC1. The summed E-state index contributed by atoms with van der Waals surface area (Å²) in [5, 5.41) is 0. The fourth-order valence-electron chi connectivity index (χ4n) is 2.41. The predicted molar refractivity (Wildman–Crippen MR) is 64.4 cm³/mol.